The molecule has 2 heterocycles. The van der Waals surface area contributed by atoms with Crippen LogP contribution in [0.25, 0.3) is 0 Å². The molecule has 0 spiro atoms. The molecule has 0 aromatic heterocycles. The predicted molar refractivity (Wildman–Crippen MR) is 75.4 cm³/mol. The predicted octanol–water partition coefficient (Wildman–Crippen LogP) is -0.119. The number of nitrogens with one attached hydrogen (secondary N) is 1. The van der Waals surface area contributed by atoms with Gasteiger partial charge < -0.3 is 24.8 Å². The van der Waals surface area contributed by atoms with Crippen molar-refractivity contribution in [2.24, 2.45) is 0 Å². The molecular weight excluding hydrogens is 308 g/mol. The molecule has 2 bridgehead atoms. The van der Waals surface area contributed by atoms with Gasteiger partial charge in [-0.15, -0.1) is 0 Å². The lowest BCUT2D eigenvalue weighted by Crippen LogP contribution is -2.49. The summed E-state index contributed by atoms with van der Waals surface area (Å²) in [5.74, 6) is -2.34. The molecule has 23 heavy (non-hydrogen) atoms. The number of hydrogen-bond donors (Lipinski definition) is 2. The highest BCUT2D eigenvalue weighted by molar-refractivity contribution is 5.91. The van der Waals surface area contributed by atoms with Gasteiger partial charge in [0.25, 0.3) is 0 Å². The van der Waals surface area contributed by atoms with Crippen LogP contribution in [-0.4, -0.2) is 64.3 Å². The van der Waals surface area contributed by atoms with Crippen LogP contribution in [0.4, 0.5) is 4.79 Å². The number of carbonyl (C=O) groups is 4. The molecule has 2 aliphatic rings. The fourth-order valence-corrected chi connectivity index (χ4v) is 2.57. The fraction of sp³-hybridized carbons (Fsp3) is 0.714. The standard InChI is InChI=1S/C14H20N2O7/c1-14(2,3)23-13(21)15-8(11(18)19)5-10(17)16-6-7-4-9(16)12(20)22-7/h7-9H,4-6H2,1-3H3,(H,15,21)(H,18,19)/t7-,8-,9-/m0/s1. The molecule has 2 rings (SSSR count). The Hall–Kier alpha value is -2.32. The maximum Gasteiger partial charge on any atom is 0.408 e. The van der Waals surface area contributed by atoms with E-state index >= 15 is 0 Å². The first-order valence-electron chi connectivity index (χ1n) is 7.29. The number of morpholine rings is 1. The molecule has 2 fully saturated rings. The van der Waals surface area contributed by atoms with Crippen LogP contribution < -0.4 is 5.32 Å². The molecule has 9 nitrogen and oxygen atoms in total. The van der Waals surface area contributed by atoms with E-state index in [1.807, 2.05) is 0 Å². The summed E-state index contributed by atoms with van der Waals surface area (Å²) >= 11 is 0. The van der Waals surface area contributed by atoms with Crippen molar-refractivity contribution in [3.05, 3.63) is 0 Å². The van der Waals surface area contributed by atoms with Gasteiger partial charge in [-0.25, -0.2) is 14.4 Å². The SMILES string of the molecule is CC(C)(C)OC(=O)N[C@@H](CC(=O)N1C[C@@H]2C[C@H]1C(=O)O2)C(=O)O. The van der Waals surface area contributed by atoms with Crippen LogP contribution >= 0.6 is 0 Å². The van der Waals surface area contributed by atoms with Crippen molar-refractivity contribution in [2.45, 2.75) is 57.4 Å². The smallest absolute Gasteiger partial charge is 0.408 e. The van der Waals surface area contributed by atoms with E-state index in [2.05, 4.69) is 5.32 Å². The maximum atomic E-state index is 12.2. The summed E-state index contributed by atoms with van der Waals surface area (Å²) in [5.41, 5.74) is -0.783. The molecule has 2 amide bonds. The summed E-state index contributed by atoms with van der Waals surface area (Å²) in [6.07, 6.45) is -1.26. The number of ether oxygens (including phenoxy) is 2. The summed E-state index contributed by atoms with van der Waals surface area (Å²) in [6, 6.07) is -2.07. The van der Waals surface area contributed by atoms with Crippen molar-refractivity contribution in [1.82, 2.24) is 10.2 Å². The molecule has 9 heteroatoms. The third-order valence-electron chi connectivity index (χ3n) is 3.51. The van der Waals surface area contributed by atoms with Crippen LogP contribution in [0.3, 0.4) is 0 Å². The monoisotopic (exact) mass is 328 g/mol. The number of hydrogen-bond acceptors (Lipinski definition) is 6. The molecule has 0 unspecified atom stereocenters. The van der Waals surface area contributed by atoms with E-state index in [1.54, 1.807) is 20.8 Å². The van der Waals surface area contributed by atoms with E-state index in [9.17, 15) is 19.2 Å². The van der Waals surface area contributed by atoms with Crippen molar-refractivity contribution in [3.8, 4) is 0 Å². The lowest BCUT2D eigenvalue weighted by Gasteiger charge is -2.27. The zero-order valence-corrected chi connectivity index (χ0v) is 13.2. The van der Waals surface area contributed by atoms with E-state index < -0.39 is 48.0 Å². The van der Waals surface area contributed by atoms with Crippen molar-refractivity contribution < 1.29 is 33.8 Å². The number of alkyl carbamates (subject to hydrolysis) is 1. The van der Waals surface area contributed by atoms with E-state index in [0.717, 1.165) is 0 Å². The van der Waals surface area contributed by atoms with Crippen molar-refractivity contribution in [2.75, 3.05) is 6.54 Å². The lowest BCUT2D eigenvalue weighted by molar-refractivity contribution is -0.157. The average Bonchev–Trinajstić information content (AvgIpc) is 2.94. The van der Waals surface area contributed by atoms with Gasteiger partial charge in [0.05, 0.1) is 13.0 Å². The maximum absolute atomic E-state index is 12.2. The van der Waals surface area contributed by atoms with Gasteiger partial charge >= 0.3 is 18.0 Å². The summed E-state index contributed by atoms with van der Waals surface area (Å²) in [6.45, 7) is 5.17. The first-order valence-corrected chi connectivity index (χ1v) is 7.29. The molecular formula is C14H20N2O7. The van der Waals surface area contributed by atoms with Gasteiger partial charge in [0.1, 0.15) is 23.8 Å². The van der Waals surface area contributed by atoms with Crippen LogP contribution in [0, 0.1) is 0 Å². The largest absolute Gasteiger partial charge is 0.480 e. The van der Waals surface area contributed by atoms with Crippen molar-refractivity contribution in [1.29, 1.82) is 0 Å². The highest BCUT2D eigenvalue weighted by Crippen LogP contribution is 2.29. The Labute approximate surface area is 132 Å². The highest BCUT2D eigenvalue weighted by Gasteiger charge is 2.48. The molecule has 2 saturated heterocycles. The zero-order chi connectivity index (χ0) is 17.4. The Morgan fingerprint density at radius 3 is 2.57 bits per heavy atom. The third-order valence-corrected chi connectivity index (χ3v) is 3.51. The van der Waals surface area contributed by atoms with E-state index in [1.165, 1.54) is 4.90 Å². The van der Waals surface area contributed by atoms with Gasteiger partial charge in [-0.2, -0.15) is 0 Å². The van der Waals surface area contributed by atoms with E-state index in [0.29, 0.717) is 6.42 Å². The van der Waals surface area contributed by atoms with Crippen LogP contribution in [0.15, 0.2) is 0 Å². The number of carboxylic acids is 1. The fourth-order valence-electron chi connectivity index (χ4n) is 2.57. The average molecular weight is 328 g/mol. The number of aliphatic carboxylic acids is 1. The summed E-state index contributed by atoms with van der Waals surface area (Å²) < 4.78 is 9.95. The quantitative estimate of drug-likeness (QED) is 0.690. The number of carbonyl (C=O) groups excluding carboxylic acids is 3. The number of amides is 2. The number of rotatable bonds is 4. The molecule has 0 aromatic rings. The molecule has 0 radical (unpaired) electrons. The second-order valence-electron chi connectivity index (χ2n) is 6.60. The van der Waals surface area contributed by atoms with Crippen molar-refractivity contribution >= 4 is 23.9 Å². The topological polar surface area (TPSA) is 122 Å². The molecule has 2 aliphatic heterocycles. The van der Waals surface area contributed by atoms with Crippen LogP contribution in [0.1, 0.15) is 33.6 Å². The first kappa shape index (κ1) is 17.0. The number of carboxylic acid groups (broad SMARTS) is 1. The molecule has 0 aliphatic carbocycles. The van der Waals surface area contributed by atoms with Gasteiger partial charge in [-0.05, 0) is 20.8 Å². The second-order valence-corrected chi connectivity index (χ2v) is 6.60. The summed E-state index contributed by atoms with van der Waals surface area (Å²) in [4.78, 5) is 47.9. The van der Waals surface area contributed by atoms with Gasteiger partial charge in [-0.1, -0.05) is 0 Å². The Balaban J connectivity index is 1.94. The lowest BCUT2D eigenvalue weighted by atomic mass is 10.1. The zero-order valence-electron chi connectivity index (χ0n) is 13.2. The number of fused-ring (bicyclic) bond motifs is 2. The Morgan fingerprint density at radius 1 is 1.43 bits per heavy atom. The number of nitrogens with zero attached hydrogens (tertiary/aromatic N) is 1. The minimum atomic E-state index is -1.42. The summed E-state index contributed by atoms with van der Waals surface area (Å²) in [7, 11) is 0. The van der Waals surface area contributed by atoms with Gasteiger partial charge in [0.15, 0.2) is 0 Å². The molecule has 128 valence electrons. The Bertz CT molecular complexity index is 540. The Kier molecular flexibility index (Phi) is 4.49. The van der Waals surface area contributed by atoms with Crippen LogP contribution in [-0.2, 0) is 23.9 Å². The normalized spacial score (nSPS) is 24.1. The molecule has 0 aromatic carbocycles. The second kappa shape index (κ2) is 6.05. The molecule has 2 N–H and O–H groups in total. The summed E-state index contributed by atoms with van der Waals surface area (Å²) in [5, 5.41) is 11.3. The highest BCUT2D eigenvalue weighted by atomic mass is 16.6. The van der Waals surface area contributed by atoms with Gasteiger partial charge in [0.2, 0.25) is 5.91 Å². The minimum Gasteiger partial charge on any atom is -0.480 e. The molecule has 0 saturated carbocycles. The van der Waals surface area contributed by atoms with Crippen molar-refractivity contribution in [3.63, 3.8) is 0 Å². The first-order chi connectivity index (χ1) is 10.6. The van der Waals surface area contributed by atoms with Gasteiger partial charge in [0, 0.05) is 6.42 Å². The number of likely N-dealkylation sites (tertiary alicyclic amines) is 1. The van der Waals surface area contributed by atoms with Gasteiger partial charge in [-0.3, -0.25) is 4.79 Å². The third kappa shape index (κ3) is 4.11. The van der Waals surface area contributed by atoms with E-state index in [4.69, 9.17) is 14.6 Å². The van der Waals surface area contributed by atoms with Crippen LogP contribution in [0.5, 0.6) is 0 Å². The number of esters is 1. The minimum absolute atomic E-state index is 0.258. The van der Waals surface area contributed by atoms with E-state index in [-0.39, 0.29) is 12.6 Å². The van der Waals surface area contributed by atoms with Crippen LogP contribution in [0.2, 0.25) is 0 Å². The molecule has 3 atom stereocenters. The Morgan fingerprint density at radius 2 is 2.09 bits per heavy atom.